The van der Waals surface area contributed by atoms with Crippen molar-refractivity contribution < 1.29 is 5.11 Å². The highest BCUT2D eigenvalue weighted by Gasteiger charge is 1.99. The molecular formula is C13H16OS. The molecule has 0 aromatic heterocycles. The predicted octanol–water partition coefficient (Wildman–Crippen LogP) is 3.27. The second kappa shape index (κ2) is 7.32. The van der Waals surface area contributed by atoms with E-state index in [2.05, 4.69) is 0 Å². The van der Waals surface area contributed by atoms with Gasteiger partial charge in [0.15, 0.2) is 0 Å². The minimum atomic E-state index is -0.383. The zero-order chi connectivity index (χ0) is 10.9. The van der Waals surface area contributed by atoms with E-state index in [1.165, 1.54) is 4.90 Å². The fourth-order valence-corrected chi connectivity index (χ4v) is 1.88. The highest BCUT2D eigenvalue weighted by atomic mass is 32.2. The van der Waals surface area contributed by atoms with Crippen molar-refractivity contribution in [3.63, 3.8) is 0 Å². The maximum atomic E-state index is 9.60. The molecule has 2 heteroatoms. The van der Waals surface area contributed by atoms with Gasteiger partial charge in [-0.1, -0.05) is 42.5 Å². The van der Waals surface area contributed by atoms with E-state index in [4.69, 9.17) is 0 Å². The van der Waals surface area contributed by atoms with E-state index in [0.29, 0.717) is 5.75 Å². The van der Waals surface area contributed by atoms with Crippen LogP contribution >= 0.6 is 11.8 Å². The van der Waals surface area contributed by atoms with Crippen LogP contribution in [-0.4, -0.2) is 17.0 Å². The van der Waals surface area contributed by atoms with Crippen molar-refractivity contribution in [1.29, 1.82) is 0 Å². The summed E-state index contributed by atoms with van der Waals surface area (Å²) < 4.78 is 0. The standard InChI is InChI=1S/C13H16OS/c1-2-3-5-8-12(14)11-15-13-9-6-4-7-10-13/h2-10,12,14H,11H2,1H3/b3-2+,8-5+/t12-/m1/s1. The normalized spacial score (nSPS) is 13.7. The van der Waals surface area contributed by atoms with Crippen LogP contribution in [-0.2, 0) is 0 Å². The minimum absolute atomic E-state index is 0.383. The number of thioether (sulfide) groups is 1. The molecule has 0 fully saturated rings. The Morgan fingerprint density at radius 3 is 2.67 bits per heavy atom. The third kappa shape index (κ3) is 5.45. The number of allylic oxidation sites excluding steroid dienone is 3. The molecule has 1 atom stereocenters. The van der Waals surface area contributed by atoms with Gasteiger partial charge in [0.1, 0.15) is 0 Å². The molecule has 0 aliphatic rings. The Morgan fingerprint density at radius 1 is 1.27 bits per heavy atom. The Bertz CT molecular complexity index is 317. The van der Waals surface area contributed by atoms with Gasteiger partial charge in [-0.05, 0) is 19.1 Å². The second-order valence-corrected chi connectivity index (χ2v) is 4.20. The van der Waals surface area contributed by atoms with Crippen LogP contribution in [0.4, 0.5) is 0 Å². The van der Waals surface area contributed by atoms with Gasteiger partial charge in [0.25, 0.3) is 0 Å². The number of aliphatic hydroxyl groups is 1. The van der Waals surface area contributed by atoms with Gasteiger partial charge in [-0.15, -0.1) is 11.8 Å². The van der Waals surface area contributed by atoms with E-state index in [-0.39, 0.29) is 6.10 Å². The maximum Gasteiger partial charge on any atom is 0.0817 e. The van der Waals surface area contributed by atoms with Gasteiger partial charge in [-0.25, -0.2) is 0 Å². The van der Waals surface area contributed by atoms with Crippen LogP contribution < -0.4 is 0 Å². The summed E-state index contributed by atoms with van der Waals surface area (Å²) in [5.41, 5.74) is 0. The van der Waals surface area contributed by atoms with Gasteiger partial charge >= 0.3 is 0 Å². The highest BCUT2D eigenvalue weighted by Crippen LogP contribution is 2.17. The molecule has 0 radical (unpaired) electrons. The summed E-state index contributed by atoms with van der Waals surface area (Å²) in [6, 6.07) is 10.1. The zero-order valence-corrected chi connectivity index (χ0v) is 9.65. The maximum absolute atomic E-state index is 9.60. The van der Waals surface area contributed by atoms with Gasteiger partial charge in [-0.2, -0.15) is 0 Å². The average molecular weight is 220 g/mol. The lowest BCUT2D eigenvalue weighted by atomic mass is 10.3. The molecule has 0 spiro atoms. The van der Waals surface area contributed by atoms with Crippen molar-refractivity contribution in [2.45, 2.75) is 17.9 Å². The number of aliphatic hydroxyl groups excluding tert-OH is 1. The number of hydrogen-bond donors (Lipinski definition) is 1. The van der Waals surface area contributed by atoms with E-state index in [9.17, 15) is 5.11 Å². The SMILES string of the molecule is C/C=C/C=C/[C@@H](O)CSc1ccccc1. The smallest absolute Gasteiger partial charge is 0.0817 e. The van der Waals surface area contributed by atoms with Gasteiger partial charge in [0, 0.05) is 10.6 Å². The van der Waals surface area contributed by atoms with E-state index >= 15 is 0 Å². The molecule has 0 bridgehead atoms. The van der Waals surface area contributed by atoms with E-state index in [1.807, 2.05) is 55.5 Å². The Labute approximate surface area is 95.5 Å². The van der Waals surface area contributed by atoms with Crippen LogP contribution in [0.5, 0.6) is 0 Å². The van der Waals surface area contributed by atoms with Crippen molar-refractivity contribution in [2.75, 3.05) is 5.75 Å². The number of rotatable bonds is 5. The average Bonchev–Trinajstić information content (AvgIpc) is 2.28. The minimum Gasteiger partial charge on any atom is -0.388 e. The topological polar surface area (TPSA) is 20.2 Å². The first kappa shape index (κ1) is 12.1. The molecule has 1 aromatic carbocycles. The van der Waals surface area contributed by atoms with Gasteiger partial charge in [0.2, 0.25) is 0 Å². The molecule has 0 amide bonds. The van der Waals surface area contributed by atoms with Crippen LogP contribution in [0.2, 0.25) is 0 Å². The molecule has 15 heavy (non-hydrogen) atoms. The number of benzene rings is 1. The Hall–Kier alpha value is -0.990. The monoisotopic (exact) mass is 220 g/mol. The molecule has 1 rings (SSSR count). The Balaban J connectivity index is 2.31. The highest BCUT2D eigenvalue weighted by molar-refractivity contribution is 7.99. The molecule has 0 saturated heterocycles. The van der Waals surface area contributed by atoms with Crippen LogP contribution in [0.15, 0.2) is 59.5 Å². The largest absolute Gasteiger partial charge is 0.388 e. The molecule has 0 saturated carbocycles. The first-order valence-electron chi connectivity index (χ1n) is 4.98. The quantitative estimate of drug-likeness (QED) is 0.607. The Morgan fingerprint density at radius 2 is 2.00 bits per heavy atom. The molecule has 1 nitrogen and oxygen atoms in total. The lowest BCUT2D eigenvalue weighted by Gasteiger charge is -2.04. The van der Waals surface area contributed by atoms with Crippen molar-refractivity contribution in [3.8, 4) is 0 Å². The fourth-order valence-electron chi connectivity index (χ4n) is 1.06. The summed E-state index contributed by atoms with van der Waals surface area (Å²) >= 11 is 1.66. The molecule has 0 aliphatic carbocycles. The first-order valence-corrected chi connectivity index (χ1v) is 5.97. The van der Waals surface area contributed by atoms with Crippen molar-refractivity contribution in [3.05, 3.63) is 54.6 Å². The summed E-state index contributed by atoms with van der Waals surface area (Å²) in [5, 5.41) is 9.60. The third-order valence-electron chi connectivity index (χ3n) is 1.80. The van der Waals surface area contributed by atoms with Gasteiger partial charge in [-0.3, -0.25) is 0 Å². The van der Waals surface area contributed by atoms with Crippen LogP contribution in [0, 0.1) is 0 Å². The molecular weight excluding hydrogens is 204 g/mol. The zero-order valence-electron chi connectivity index (χ0n) is 8.84. The number of hydrogen-bond acceptors (Lipinski definition) is 2. The summed E-state index contributed by atoms with van der Waals surface area (Å²) in [4.78, 5) is 1.19. The lowest BCUT2D eigenvalue weighted by Crippen LogP contribution is -2.04. The van der Waals surface area contributed by atoms with Crippen LogP contribution in [0.3, 0.4) is 0 Å². The van der Waals surface area contributed by atoms with Crippen molar-refractivity contribution >= 4 is 11.8 Å². The molecule has 0 unspecified atom stereocenters. The lowest BCUT2D eigenvalue weighted by molar-refractivity contribution is 0.248. The molecule has 80 valence electrons. The summed E-state index contributed by atoms with van der Waals surface area (Å²) in [7, 11) is 0. The van der Waals surface area contributed by atoms with E-state index in [0.717, 1.165) is 0 Å². The predicted molar refractivity (Wildman–Crippen MR) is 67.1 cm³/mol. The molecule has 0 heterocycles. The summed E-state index contributed by atoms with van der Waals surface area (Å²) in [5.74, 6) is 0.693. The second-order valence-electron chi connectivity index (χ2n) is 3.10. The summed E-state index contributed by atoms with van der Waals surface area (Å²) in [6.07, 6.45) is 7.14. The Kier molecular flexibility index (Phi) is 5.90. The third-order valence-corrected chi connectivity index (χ3v) is 2.91. The van der Waals surface area contributed by atoms with Gasteiger partial charge < -0.3 is 5.11 Å². The molecule has 0 aliphatic heterocycles. The summed E-state index contributed by atoms with van der Waals surface area (Å²) in [6.45, 7) is 1.95. The molecule has 1 N–H and O–H groups in total. The van der Waals surface area contributed by atoms with Crippen molar-refractivity contribution in [2.24, 2.45) is 0 Å². The van der Waals surface area contributed by atoms with Crippen molar-refractivity contribution in [1.82, 2.24) is 0 Å². The van der Waals surface area contributed by atoms with Gasteiger partial charge in [0.05, 0.1) is 6.10 Å². The fraction of sp³-hybridized carbons (Fsp3) is 0.231. The van der Waals surface area contributed by atoms with E-state index in [1.54, 1.807) is 17.8 Å². The first-order chi connectivity index (χ1) is 7.33. The van der Waals surface area contributed by atoms with Crippen LogP contribution in [0.25, 0.3) is 0 Å². The van der Waals surface area contributed by atoms with Crippen LogP contribution in [0.1, 0.15) is 6.92 Å². The van der Waals surface area contributed by atoms with E-state index < -0.39 is 0 Å². The molecule has 1 aromatic rings.